The van der Waals surface area contributed by atoms with Gasteiger partial charge >= 0.3 is 0 Å². The Morgan fingerprint density at radius 3 is 2.35 bits per heavy atom. The minimum Gasteiger partial charge on any atom is -0.350 e. The molecule has 0 saturated heterocycles. The maximum Gasteiger partial charge on any atom is 0.232 e. The van der Waals surface area contributed by atoms with E-state index in [0.29, 0.717) is 11.3 Å². The predicted molar refractivity (Wildman–Crippen MR) is 99.3 cm³/mol. The predicted octanol–water partition coefficient (Wildman–Crippen LogP) is 1.76. The molecule has 1 N–H and O–H groups in total. The van der Waals surface area contributed by atoms with Crippen molar-refractivity contribution in [3.63, 3.8) is 0 Å². The second-order valence-electron chi connectivity index (χ2n) is 5.79. The van der Waals surface area contributed by atoms with E-state index < -0.39 is 10.0 Å². The molecule has 0 aliphatic heterocycles. The third-order valence-electron chi connectivity index (χ3n) is 3.70. The molecule has 2 aromatic rings. The summed E-state index contributed by atoms with van der Waals surface area (Å²) in [4.78, 5) is 27.5. The lowest BCUT2D eigenvalue weighted by Crippen LogP contribution is -2.34. The molecule has 0 atom stereocenters. The summed E-state index contributed by atoms with van der Waals surface area (Å²) >= 11 is 0. The molecule has 1 aromatic carbocycles. The smallest absolute Gasteiger partial charge is 0.232 e. The molecule has 0 spiro atoms. The van der Waals surface area contributed by atoms with Gasteiger partial charge in [0.05, 0.1) is 24.2 Å². The highest BCUT2D eigenvalue weighted by atomic mass is 32.2. The summed E-state index contributed by atoms with van der Waals surface area (Å²) in [7, 11) is -3.56. The molecule has 0 aliphatic carbocycles. The average molecular weight is 375 g/mol. The summed E-state index contributed by atoms with van der Waals surface area (Å²) in [5, 5.41) is 2.71. The summed E-state index contributed by atoms with van der Waals surface area (Å²) in [6.45, 7) is 1.73. The number of ketones is 1. The van der Waals surface area contributed by atoms with Gasteiger partial charge in [0.15, 0.2) is 5.78 Å². The molecule has 1 aromatic heterocycles. The number of nitrogens with zero attached hydrogens (tertiary/aromatic N) is 2. The minimum atomic E-state index is -3.56. The van der Waals surface area contributed by atoms with Crippen LogP contribution in [0.1, 0.15) is 29.4 Å². The average Bonchev–Trinajstić information content (AvgIpc) is 2.60. The van der Waals surface area contributed by atoms with Crippen molar-refractivity contribution in [3.8, 4) is 0 Å². The lowest BCUT2D eigenvalue weighted by atomic mass is 10.1. The van der Waals surface area contributed by atoms with Gasteiger partial charge in [0.2, 0.25) is 15.9 Å². The molecule has 0 aliphatic rings. The second kappa shape index (κ2) is 8.57. The SMILES string of the molecule is CC(=O)c1ccc(N(CCC(=O)NCc2ccccn2)S(C)(=O)=O)cc1. The van der Waals surface area contributed by atoms with E-state index in [2.05, 4.69) is 10.3 Å². The fourth-order valence-corrected chi connectivity index (χ4v) is 3.26. The molecule has 0 saturated carbocycles. The number of carbonyl (C=O) groups is 2. The highest BCUT2D eigenvalue weighted by Crippen LogP contribution is 2.19. The molecule has 0 unspecified atom stereocenters. The molecule has 0 fully saturated rings. The van der Waals surface area contributed by atoms with Gasteiger partial charge in [-0.15, -0.1) is 0 Å². The van der Waals surface area contributed by atoms with E-state index in [0.717, 1.165) is 16.3 Å². The number of hydrogen-bond acceptors (Lipinski definition) is 5. The van der Waals surface area contributed by atoms with Crippen molar-refractivity contribution in [2.24, 2.45) is 0 Å². The van der Waals surface area contributed by atoms with E-state index in [4.69, 9.17) is 0 Å². The van der Waals surface area contributed by atoms with Gasteiger partial charge in [0.25, 0.3) is 0 Å². The van der Waals surface area contributed by atoms with E-state index in [9.17, 15) is 18.0 Å². The van der Waals surface area contributed by atoms with E-state index in [1.807, 2.05) is 6.07 Å². The minimum absolute atomic E-state index is 0.00625. The van der Waals surface area contributed by atoms with Crippen molar-refractivity contribution in [1.82, 2.24) is 10.3 Å². The van der Waals surface area contributed by atoms with Crippen LogP contribution in [0.25, 0.3) is 0 Å². The Morgan fingerprint density at radius 2 is 1.81 bits per heavy atom. The number of amides is 1. The van der Waals surface area contributed by atoms with Crippen LogP contribution in [-0.2, 0) is 21.4 Å². The molecule has 26 heavy (non-hydrogen) atoms. The largest absolute Gasteiger partial charge is 0.350 e. The van der Waals surface area contributed by atoms with Gasteiger partial charge in [-0.25, -0.2) is 8.42 Å². The number of benzene rings is 1. The molecule has 1 amide bonds. The highest BCUT2D eigenvalue weighted by molar-refractivity contribution is 7.92. The molecule has 8 heteroatoms. The van der Waals surface area contributed by atoms with E-state index in [-0.39, 0.29) is 31.2 Å². The van der Waals surface area contributed by atoms with Crippen molar-refractivity contribution in [2.75, 3.05) is 17.1 Å². The summed E-state index contributed by atoms with van der Waals surface area (Å²) in [6, 6.07) is 11.7. The second-order valence-corrected chi connectivity index (χ2v) is 7.69. The molecular weight excluding hydrogens is 354 g/mol. The van der Waals surface area contributed by atoms with Crippen molar-refractivity contribution < 1.29 is 18.0 Å². The number of anilines is 1. The van der Waals surface area contributed by atoms with Gasteiger partial charge in [-0.05, 0) is 43.3 Å². The van der Waals surface area contributed by atoms with Crippen LogP contribution in [-0.4, -0.2) is 37.9 Å². The first-order valence-corrected chi connectivity index (χ1v) is 9.87. The molecule has 138 valence electrons. The summed E-state index contributed by atoms with van der Waals surface area (Å²) in [5.41, 5.74) is 1.63. The van der Waals surface area contributed by atoms with Crippen LogP contribution in [0.4, 0.5) is 5.69 Å². The number of nitrogens with one attached hydrogen (secondary N) is 1. The topological polar surface area (TPSA) is 96.4 Å². The first-order chi connectivity index (χ1) is 12.3. The molecular formula is C18H21N3O4S. The van der Waals surface area contributed by atoms with Crippen molar-refractivity contribution in [1.29, 1.82) is 0 Å². The van der Waals surface area contributed by atoms with Crippen LogP contribution in [0, 0.1) is 0 Å². The Hall–Kier alpha value is -2.74. The maximum atomic E-state index is 12.1. The van der Waals surface area contributed by atoms with Crippen molar-refractivity contribution in [3.05, 3.63) is 59.9 Å². The maximum absolute atomic E-state index is 12.1. The summed E-state index contributed by atoms with van der Waals surface area (Å²) < 4.78 is 25.3. The Labute approximate surface area is 153 Å². The Bertz CT molecular complexity index is 865. The van der Waals surface area contributed by atoms with E-state index >= 15 is 0 Å². The van der Waals surface area contributed by atoms with Crippen LogP contribution in [0.3, 0.4) is 0 Å². The molecule has 7 nitrogen and oxygen atoms in total. The number of carbonyl (C=O) groups excluding carboxylic acids is 2. The third-order valence-corrected chi connectivity index (χ3v) is 4.89. The van der Waals surface area contributed by atoms with Crippen molar-refractivity contribution >= 4 is 27.4 Å². The molecule has 0 radical (unpaired) electrons. The van der Waals surface area contributed by atoms with Gasteiger partial charge in [-0.3, -0.25) is 18.9 Å². The Balaban J connectivity index is 2.00. The van der Waals surface area contributed by atoms with Gasteiger partial charge in [-0.1, -0.05) is 6.07 Å². The Morgan fingerprint density at radius 1 is 1.12 bits per heavy atom. The number of rotatable bonds is 8. The number of Topliss-reactive ketones (excluding diaryl/α,β-unsaturated/α-hetero) is 1. The number of aromatic nitrogens is 1. The fraction of sp³-hybridized carbons (Fsp3) is 0.278. The normalized spacial score (nSPS) is 11.0. The number of sulfonamides is 1. The summed E-state index contributed by atoms with van der Waals surface area (Å²) in [6.07, 6.45) is 2.73. The van der Waals surface area contributed by atoms with Gasteiger partial charge in [0.1, 0.15) is 0 Å². The van der Waals surface area contributed by atoms with E-state index in [1.165, 1.54) is 6.92 Å². The number of hydrogen-bond donors (Lipinski definition) is 1. The molecule has 1 heterocycles. The van der Waals surface area contributed by atoms with Crippen LogP contribution in [0.15, 0.2) is 48.7 Å². The van der Waals surface area contributed by atoms with Crippen LogP contribution in [0.5, 0.6) is 0 Å². The van der Waals surface area contributed by atoms with Gasteiger partial charge < -0.3 is 5.32 Å². The van der Waals surface area contributed by atoms with E-state index in [1.54, 1.807) is 42.6 Å². The summed E-state index contributed by atoms with van der Waals surface area (Å²) in [5.74, 6) is -0.374. The zero-order valence-corrected chi connectivity index (χ0v) is 15.5. The first-order valence-electron chi connectivity index (χ1n) is 8.02. The fourth-order valence-electron chi connectivity index (χ4n) is 2.33. The van der Waals surface area contributed by atoms with Crippen molar-refractivity contribution in [2.45, 2.75) is 19.9 Å². The van der Waals surface area contributed by atoms with Crippen LogP contribution < -0.4 is 9.62 Å². The lowest BCUT2D eigenvalue weighted by molar-refractivity contribution is -0.121. The highest BCUT2D eigenvalue weighted by Gasteiger charge is 2.18. The van der Waals surface area contributed by atoms with Crippen LogP contribution >= 0.6 is 0 Å². The molecule has 0 bridgehead atoms. The zero-order valence-electron chi connectivity index (χ0n) is 14.7. The third kappa shape index (κ3) is 5.66. The van der Waals surface area contributed by atoms with Gasteiger partial charge in [-0.2, -0.15) is 0 Å². The van der Waals surface area contributed by atoms with Crippen LogP contribution in [0.2, 0.25) is 0 Å². The monoisotopic (exact) mass is 375 g/mol. The zero-order chi connectivity index (χ0) is 19.2. The molecule has 2 rings (SSSR count). The Kier molecular flexibility index (Phi) is 6.46. The quantitative estimate of drug-likeness (QED) is 0.709. The standard InChI is InChI=1S/C18H21N3O4S/c1-14(22)15-6-8-17(9-7-15)21(26(2,24)25)12-10-18(23)20-13-16-5-3-4-11-19-16/h3-9,11H,10,12-13H2,1-2H3,(H,20,23). The number of pyridine rings is 1. The first kappa shape index (κ1) is 19.6. The lowest BCUT2D eigenvalue weighted by Gasteiger charge is -2.22. The van der Waals surface area contributed by atoms with Gasteiger partial charge in [0, 0.05) is 24.7 Å².